The number of carbonyl (C=O) groups excluding carboxylic acids is 1. The Kier molecular flexibility index (Phi) is 8.24. The summed E-state index contributed by atoms with van der Waals surface area (Å²) in [4.78, 5) is 23.4. The average molecular weight is 231 g/mol. The predicted octanol–water partition coefficient (Wildman–Crippen LogP) is 0.102. The Balaban J connectivity index is 3.91. The molecule has 6 nitrogen and oxygen atoms in total. The zero-order chi connectivity index (χ0) is 12.4. The molecule has 0 radical (unpaired) electrons. The van der Waals surface area contributed by atoms with Gasteiger partial charge in [-0.25, -0.2) is 4.79 Å². The van der Waals surface area contributed by atoms with E-state index in [1.54, 1.807) is 0 Å². The van der Waals surface area contributed by atoms with E-state index in [2.05, 4.69) is 10.6 Å². The highest BCUT2D eigenvalue weighted by atomic mass is 16.4. The van der Waals surface area contributed by atoms with E-state index in [4.69, 9.17) is 5.11 Å². The topological polar surface area (TPSA) is 81.7 Å². The lowest BCUT2D eigenvalue weighted by Crippen LogP contribution is -2.43. The number of carbonyl (C=O) groups is 2. The summed E-state index contributed by atoms with van der Waals surface area (Å²) in [6.45, 7) is 3.51. The van der Waals surface area contributed by atoms with E-state index < -0.39 is 5.97 Å². The van der Waals surface area contributed by atoms with E-state index in [1.165, 1.54) is 4.90 Å². The first-order valence-electron chi connectivity index (χ1n) is 5.51. The number of hydrogen-bond acceptors (Lipinski definition) is 3. The maximum atomic E-state index is 11.6. The third kappa shape index (κ3) is 7.05. The van der Waals surface area contributed by atoms with Crippen molar-refractivity contribution in [2.45, 2.75) is 19.8 Å². The molecule has 0 aliphatic rings. The minimum atomic E-state index is -0.987. The van der Waals surface area contributed by atoms with Gasteiger partial charge in [0.1, 0.15) is 6.54 Å². The summed E-state index contributed by atoms with van der Waals surface area (Å²) < 4.78 is 0. The fraction of sp³-hybridized carbons (Fsp3) is 0.800. The van der Waals surface area contributed by atoms with Crippen molar-refractivity contribution >= 4 is 12.0 Å². The molecule has 0 aromatic rings. The third-order valence-corrected chi connectivity index (χ3v) is 1.99. The van der Waals surface area contributed by atoms with Gasteiger partial charge in [0.25, 0.3) is 0 Å². The molecular formula is C10H21N3O3. The van der Waals surface area contributed by atoms with Crippen molar-refractivity contribution in [1.82, 2.24) is 15.5 Å². The zero-order valence-corrected chi connectivity index (χ0v) is 9.95. The predicted molar refractivity (Wildman–Crippen MR) is 61.4 cm³/mol. The van der Waals surface area contributed by atoms with Crippen molar-refractivity contribution in [2.24, 2.45) is 0 Å². The number of nitrogens with zero attached hydrogens (tertiary/aromatic N) is 1. The Bertz CT molecular complexity index is 221. The van der Waals surface area contributed by atoms with Crippen LogP contribution in [0.25, 0.3) is 0 Å². The summed E-state index contributed by atoms with van der Waals surface area (Å²) in [5.74, 6) is -0.987. The quantitative estimate of drug-likeness (QED) is 0.518. The number of carboxylic acids is 1. The van der Waals surface area contributed by atoms with Gasteiger partial charge in [-0.05, 0) is 26.4 Å². The fourth-order valence-corrected chi connectivity index (χ4v) is 1.26. The van der Waals surface area contributed by atoms with E-state index in [0.29, 0.717) is 13.1 Å². The van der Waals surface area contributed by atoms with E-state index >= 15 is 0 Å². The molecule has 0 fully saturated rings. The first-order valence-corrected chi connectivity index (χ1v) is 5.51. The lowest BCUT2D eigenvalue weighted by molar-refractivity contribution is -0.137. The second kappa shape index (κ2) is 8.96. The lowest BCUT2D eigenvalue weighted by Gasteiger charge is -2.20. The van der Waals surface area contributed by atoms with E-state index in [-0.39, 0.29) is 12.6 Å². The summed E-state index contributed by atoms with van der Waals surface area (Å²) in [5, 5.41) is 14.3. The monoisotopic (exact) mass is 231 g/mol. The first kappa shape index (κ1) is 14.7. The van der Waals surface area contributed by atoms with Crippen molar-refractivity contribution in [2.75, 3.05) is 33.2 Å². The minimum Gasteiger partial charge on any atom is -0.480 e. The van der Waals surface area contributed by atoms with Crippen molar-refractivity contribution in [3.63, 3.8) is 0 Å². The van der Waals surface area contributed by atoms with Gasteiger partial charge in [-0.2, -0.15) is 0 Å². The van der Waals surface area contributed by atoms with Gasteiger partial charge in [0, 0.05) is 13.1 Å². The normalized spacial score (nSPS) is 9.88. The maximum absolute atomic E-state index is 11.6. The van der Waals surface area contributed by atoms with Crippen LogP contribution in [-0.4, -0.2) is 55.2 Å². The van der Waals surface area contributed by atoms with Gasteiger partial charge in [0.05, 0.1) is 0 Å². The van der Waals surface area contributed by atoms with Gasteiger partial charge in [-0.1, -0.05) is 6.92 Å². The highest BCUT2D eigenvalue weighted by Gasteiger charge is 2.14. The molecule has 0 aliphatic heterocycles. The Morgan fingerprint density at radius 2 is 2.00 bits per heavy atom. The van der Waals surface area contributed by atoms with Crippen LogP contribution in [0.5, 0.6) is 0 Å². The molecule has 0 saturated heterocycles. The standard InChI is InChI=1S/C10H21N3O3/c1-3-7-13(8-9(14)15)10(16)12-6-4-5-11-2/h11H,3-8H2,1-2H3,(H,12,16)(H,14,15). The summed E-state index contributed by atoms with van der Waals surface area (Å²) in [7, 11) is 1.84. The van der Waals surface area contributed by atoms with Crippen LogP contribution < -0.4 is 10.6 Å². The van der Waals surface area contributed by atoms with Crippen LogP contribution in [0.4, 0.5) is 4.79 Å². The molecule has 16 heavy (non-hydrogen) atoms. The molecule has 0 aromatic carbocycles. The SMILES string of the molecule is CCCN(CC(=O)O)C(=O)NCCCNC. The van der Waals surface area contributed by atoms with Crippen LogP contribution in [0, 0.1) is 0 Å². The van der Waals surface area contributed by atoms with Crippen LogP contribution in [0.3, 0.4) is 0 Å². The Morgan fingerprint density at radius 3 is 2.50 bits per heavy atom. The molecule has 6 heteroatoms. The van der Waals surface area contributed by atoms with Crippen LogP contribution in [0.15, 0.2) is 0 Å². The number of hydrogen-bond donors (Lipinski definition) is 3. The second-order valence-electron chi connectivity index (χ2n) is 3.50. The smallest absolute Gasteiger partial charge is 0.323 e. The molecule has 0 bridgehead atoms. The van der Waals surface area contributed by atoms with Gasteiger partial charge in [-0.15, -0.1) is 0 Å². The molecule has 0 aromatic heterocycles. The fourth-order valence-electron chi connectivity index (χ4n) is 1.26. The van der Waals surface area contributed by atoms with Gasteiger partial charge < -0.3 is 20.6 Å². The minimum absolute atomic E-state index is 0.244. The first-order chi connectivity index (χ1) is 7.61. The molecule has 0 unspecified atom stereocenters. The molecule has 0 saturated carbocycles. The Labute approximate surface area is 96.0 Å². The molecular weight excluding hydrogens is 210 g/mol. The summed E-state index contributed by atoms with van der Waals surface area (Å²) in [6.07, 6.45) is 1.58. The number of nitrogens with one attached hydrogen (secondary N) is 2. The van der Waals surface area contributed by atoms with E-state index in [9.17, 15) is 9.59 Å². The van der Waals surface area contributed by atoms with Gasteiger partial charge in [0.2, 0.25) is 0 Å². The van der Waals surface area contributed by atoms with Gasteiger partial charge in [-0.3, -0.25) is 4.79 Å². The lowest BCUT2D eigenvalue weighted by atomic mass is 10.4. The Hall–Kier alpha value is -1.30. The number of amides is 2. The van der Waals surface area contributed by atoms with Crippen molar-refractivity contribution in [1.29, 1.82) is 0 Å². The van der Waals surface area contributed by atoms with Crippen LogP contribution in [-0.2, 0) is 4.79 Å². The molecule has 2 amide bonds. The number of aliphatic carboxylic acids is 1. The maximum Gasteiger partial charge on any atom is 0.323 e. The number of urea groups is 1. The highest BCUT2D eigenvalue weighted by molar-refractivity contribution is 5.80. The largest absolute Gasteiger partial charge is 0.480 e. The van der Waals surface area contributed by atoms with Gasteiger partial charge >= 0.3 is 12.0 Å². The molecule has 0 spiro atoms. The molecule has 0 rings (SSSR count). The van der Waals surface area contributed by atoms with Crippen molar-refractivity contribution in [3.05, 3.63) is 0 Å². The zero-order valence-electron chi connectivity index (χ0n) is 9.95. The number of rotatable bonds is 8. The summed E-state index contributed by atoms with van der Waals surface area (Å²) in [6, 6.07) is -0.305. The molecule has 3 N–H and O–H groups in total. The molecule has 94 valence electrons. The summed E-state index contributed by atoms with van der Waals surface area (Å²) in [5.41, 5.74) is 0. The van der Waals surface area contributed by atoms with Crippen LogP contribution >= 0.6 is 0 Å². The number of carboxylic acid groups (broad SMARTS) is 1. The highest BCUT2D eigenvalue weighted by Crippen LogP contribution is 1.92. The van der Waals surface area contributed by atoms with E-state index in [1.807, 2.05) is 14.0 Å². The second-order valence-corrected chi connectivity index (χ2v) is 3.50. The average Bonchev–Trinajstić information content (AvgIpc) is 2.23. The third-order valence-electron chi connectivity index (χ3n) is 1.99. The van der Waals surface area contributed by atoms with Crippen molar-refractivity contribution in [3.8, 4) is 0 Å². The molecule has 0 aliphatic carbocycles. The van der Waals surface area contributed by atoms with Gasteiger partial charge in [0.15, 0.2) is 0 Å². The Morgan fingerprint density at radius 1 is 1.31 bits per heavy atom. The van der Waals surface area contributed by atoms with Crippen LogP contribution in [0.1, 0.15) is 19.8 Å². The molecule has 0 atom stereocenters. The van der Waals surface area contributed by atoms with Crippen molar-refractivity contribution < 1.29 is 14.7 Å². The van der Waals surface area contributed by atoms with E-state index in [0.717, 1.165) is 19.4 Å². The summed E-state index contributed by atoms with van der Waals surface area (Å²) >= 11 is 0. The molecule has 0 heterocycles. The van der Waals surface area contributed by atoms with Crippen LogP contribution in [0.2, 0.25) is 0 Å².